The van der Waals surface area contributed by atoms with Crippen molar-refractivity contribution >= 4 is 11.0 Å². The van der Waals surface area contributed by atoms with Crippen LogP contribution in [0.3, 0.4) is 0 Å². The number of nitrogens with one attached hydrogen (secondary N) is 1. The van der Waals surface area contributed by atoms with Crippen LogP contribution in [0.15, 0.2) is 22.6 Å². The second kappa shape index (κ2) is 4.19. The molecule has 2 N–H and O–H groups in total. The molecular weight excluding hydrogens is 216 g/mol. The van der Waals surface area contributed by atoms with Gasteiger partial charge in [-0.2, -0.15) is 0 Å². The largest absolute Gasteiger partial charge is 0.458 e. The van der Waals surface area contributed by atoms with E-state index in [1.165, 1.54) is 6.07 Å². The van der Waals surface area contributed by atoms with Crippen molar-refractivity contribution < 1.29 is 18.3 Å². The van der Waals surface area contributed by atoms with Crippen molar-refractivity contribution in [3.63, 3.8) is 0 Å². The molecule has 0 fully saturated rings. The fourth-order valence-electron chi connectivity index (χ4n) is 1.54. The molecule has 0 amide bonds. The summed E-state index contributed by atoms with van der Waals surface area (Å²) in [6, 6.07) is 3.26. The quantitative estimate of drug-likeness (QED) is 0.842. The van der Waals surface area contributed by atoms with E-state index in [9.17, 15) is 13.9 Å². The second-order valence-electron chi connectivity index (χ2n) is 3.52. The summed E-state index contributed by atoms with van der Waals surface area (Å²) < 4.78 is 31.4. The standard InChI is InChI=1S/C11H11F2NO2/c1-14-5-9(15)11-4-7-8(13)2-6(12)3-10(7)16-11/h2-4,9,14-15H,5H2,1H3. The average molecular weight is 227 g/mol. The number of aliphatic hydroxyl groups is 1. The lowest BCUT2D eigenvalue weighted by molar-refractivity contribution is 0.152. The topological polar surface area (TPSA) is 45.4 Å². The van der Waals surface area contributed by atoms with Crippen molar-refractivity contribution in [2.24, 2.45) is 0 Å². The van der Waals surface area contributed by atoms with Crippen LogP contribution >= 0.6 is 0 Å². The van der Waals surface area contributed by atoms with Crippen LogP contribution in [0, 0.1) is 11.6 Å². The van der Waals surface area contributed by atoms with Gasteiger partial charge in [-0.25, -0.2) is 8.78 Å². The van der Waals surface area contributed by atoms with Crippen molar-refractivity contribution in [1.29, 1.82) is 0 Å². The number of rotatable bonds is 3. The molecule has 3 nitrogen and oxygen atoms in total. The predicted molar refractivity (Wildman–Crippen MR) is 55.0 cm³/mol. The van der Waals surface area contributed by atoms with Crippen molar-refractivity contribution in [1.82, 2.24) is 5.32 Å². The van der Waals surface area contributed by atoms with Crippen LogP contribution in [-0.2, 0) is 0 Å². The molecule has 1 heterocycles. The predicted octanol–water partition coefficient (Wildman–Crippen LogP) is 1.96. The molecule has 1 unspecified atom stereocenters. The highest BCUT2D eigenvalue weighted by Crippen LogP contribution is 2.26. The molecule has 0 aliphatic carbocycles. The summed E-state index contributed by atoms with van der Waals surface area (Å²) >= 11 is 0. The van der Waals surface area contributed by atoms with Crippen molar-refractivity contribution in [2.75, 3.05) is 13.6 Å². The first-order valence-corrected chi connectivity index (χ1v) is 4.83. The SMILES string of the molecule is CNCC(O)c1cc2c(F)cc(F)cc2o1. The lowest BCUT2D eigenvalue weighted by Gasteiger charge is -2.04. The fourth-order valence-corrected chi connectivity index (χ4v) is 1.54. The Balaban J connectivity index is 2.47. The summed E-state index contributed by atoms with van der Waals surface area (Å²) in [4.78, 5) is 0. The molecule has 2 aromatic rings. The van der Waals surface area contributed by atoms with Crippen molar-refractivity contribution in [3.8, 4) is 0 Å². The third-order valence-electron chi connectivity index (χ3n) is 2.30. The first-order valence-electron chi connectivity index (χ1n) is 4.83. The first-order chi connectivity index (χ1) is 7.61. The zero-order valence-corrected chi connectivity index (χ0v) is 8.63. The Morgan fingerprint density at radius 3 is 2.81 bits per heavy atom. The molecule has 86 valence electrons. The smallest absolute Gasteiger partial charge is 0.140 e. The van der Waals surface area contributed by atoms with Crippen LogP contribution in [-0.4, -0.2) is 18.7 Å². The number of likely N-dealkylation sites (N-methyl/N-ethyl adjacent to an activating group) is 1. The average Bonchev–Trinajstić information content (AvgIpc) is 2.62. The van der Waals surface area contributed by atoms with E-state index in [-0.39, 0.29) is 23.3 Å². The summed E-state index contributed by atoms with van der Waals surface area (Å²) in [6.45, 7) is 0.282. The lowest BCUT2D eigenvalue weighted by Crippen LogP contribution is -2.15. The molecule has 1 aromatic carbocycles. The Bertz CT molecular complexity index is 510. The van der Waals surface area contributed by atoms with Gasteiger partial charge in [-0.3, -0.25) is 0 Å². The summed E-state index contributed by atoms with van der Waals surface area (Å²) in [5, 5.41) is 12.5. The minimum Gasteiger partial charge on any atom is -0.458 e. The molecule has 0 bridgehead atoms. The Hall–Kier alpha value is -1.46. The molecule has 1 atom stereocenters. The van der Waals surface area contributed by atoms with E-state index in [4.69, 9.17) is 4.42 Å². The van der Waals surface area contributed by atoms with Gasteiger partial charge in [0.05, 0.1) is 5.39 Å². The van der Waals surface area contributed by atoms with Gasteiger partial charge in [0.25, 0.3) is 0 Å². The highest BCUT2D eigenvalue weighted by atomic mass is 19.1. The van der Waals surface area contributed by atoms with Crippen LogP contribution in [0.25, 0.3) is 11.0 Å². The molecule has 0 saturated heterocycles. The normalized spacial score (nSPS) is 13.2. The van der Waals surface area contributed by atoms with Gasteiger partial charge in [0.15, 0.2) is 0 Å². The van der Waals surface area contributed by atoms with E-state index < -0.39 is 17.7 Å². The molecular formula is C11H11F2NO2. The zero-order chi connectivity index (χ0) is 11.7. The number of halogens is 2. The van der Waals surface area contributed by atoms with Gasteiger partial charge in [-0.1, -0.05) is 0 Å². The van der Waals surface area contributed by atoms with Crippen molar-refractivity contribution in [2.45, 2.75) is 6.10 Å². The van der Waals surface area contributed by atoms with Gasteiger partial charge in [-0.05, 0) is 13.1 Å². The summed E-state index contributed by atoms with van der Waals surface area (Å²) in [5.74, 6) is -1.18. The minimum absolute atomic E-state index is 0.0997. The Labute approximate surface area is 90.7 Å². The number of benzene rings is 1. The first kappa shape index (κ1) is 11.0. The molecule has 2 rings (SSSR count). The molecule has 0 aliphatic rings. The maximum absolute atomic E-state index is 13.3. The van der Waals surface area contributed by atoms with Crippen LogP contribution < -0.4 is 5.32 Å². The van der Waals surface area contributed by atoms with Gasteiger partial charge in [0, 0.05) is 18.7 Å². The fraction of sp³-hybridized carbons (Fsp3) is 0.273. The molecule has 0 radical (unpaired) electrons. The number of hydrogen-bond donors (Lipinski definition) is 2. The highest BCUT2D eigenvalue weighted by molar-refractivity contribution is 5.78. The Morgan fingerprint density at radius 1 is 1.38 bits per heavy atom. The van der Waals surface area contributed by atoms with E-state index in [0.717, 1.165) is 12.1 Å². The monoisotopic (exact) mass is 227 g/mol. The molecule has 1 aromatic heterocycles. The van der Waals surface area contributed by atoms with Crippen LogP contribution in [0.2, 0.25) is 0 Å². The van der Waals surface area contributed by atoms with Crippen LogP contribution in [0.1, 0.15) is 11.9 Å². The summed E-state index contributed by atoms with van der Waals surface area (Å²) in [6.07, 6.45) is -0.875. The maximum atomic E-state index is 13.3. The van der Waals surface area contributed by atoms with Crippen LogP contribution in [0.4, 0.5) is 8.78 Å². The van der Waals surface area contributed by atoms with E-state index >= 15 is 0 Å². The molecule has 0 spiro atoms. The van der Waals surface area contributed by atoms with Gasteiger partial charge in [-0.15, -0.1) is 0 Å². The molecule has 5 heteroatoms. The molecule has 0 aliphatic heterocycles. The third kappa shape index (κ3) is 1.91. The zero-order valence-electron chi connectivity index (χ0n) is 8.63. The third-order valence-corrected chi connectivity index (χ3v) is 2.30. The second-order valence-corrected chi connectivity index (χ2v) is 3.52. The van der Waals surface area contributed by atoms with Gasteiger partial charge >= 0.3 is 0 Å². The minimum atomic E-state index is -0.875. The van der Waals surface area contributed by atoms with Gasteiger partial charge in [0.1, 0.15) is 29.1 Å². The lowest BCUT2D eigenvalue weighted by atomic mass is 10.2. The maximum Gasteiger partial charge on any atom is 0.140 e. The van der Waals surface area contributed by atoms with Crippen LogP contribution in [0.5, 0.6) is 0 Å². The van der Waals surface area contributed by atoms with Gasteiger partial charge < -0.3 is 14.8 Å². The van der Waals surface area contributed by atoms with E-state index in [2.05, 4.69) is 5.32 Å². The highest BCUT2D eigenvalue weighted by Gasteiger charge is 2.15. The number of hydrogen-bond acceptors (Lipinski definition) is 3. The van der Waals surface area contributed by atoms with E-state index in [1.807, 2.05) is 0 Å². The van der Waals surface area contributed by atoms with E-state index in [1.54, 1.807) is 7.05 Å². The van der Waals surface area contributed by atoms with Crippen molar-refractivity contribution in [3.05, 3.63) is 35.6 Å². The summed E-state index contributed by atoms with van der Waals surface area (Å²) in [7, 11) is 1.67. The number of furan rings is 1. The molecule has 0 saturated carbocycles. The number of aliphatic hydroxyl groups excluding tert-OH is 1. The molecule has 16 heavy (non-hydrogen) atoms. The van der Waals surface area contributed by atoms with E-state index in [0.29, 0.717) is 0 Å². The Morgan fingerprint density at radius 2 is 2.12 bits per heavy atom. The number of fused-ring (bicyclic) bond motifs is 1. The van der Waals surface area contributed by atoms with Gasteiger partial charge in [0.2, 0.25) is 0 Å². The summed E-state index contributed by atoms with van der Waals surface area (Å²) in [5.41, 5.74) is 0.0997. The Kier molecular flexibility index (Phi) is 2.89.